The Bertz CT molecular complexity index is 225. The molecule has 1 saturated carbocycles. The summed E-state index contributed by atoms with van der Waals surface area (Å²) in [5.74, 6) is 1.13. The molecule has 0 amide bonds. The molecular formula is C13H24O2. The number of hydrogen-bond donors (Lipinski definition) is 0. The van der Waals surface area contributed by atoms with E-state index in [2.05, 4.69) is 13.8 Å². The maximum atomic E-state index is 11.8. The van der Waals surface area contributed by atoms with Gasteiger partial charge in [-0.25, -0.2) is 0 Å². The third-order valence-corrected chi connectivity index (χ3v) is 3.23. The van der Waals surface area contributed by atoms with E-state index in [4.69, 9.17) is 4.74 Å². The molecule has 0 aromatic rings. The molecule has 1 rings (SSSR count). The van der Waals surface area contributed by atoms with Gasteiger partial charge in [-0.05, 0) is 51.9 Å². The molecule has 15 heavy (non-hydrogen) atoms. The molecule has 1 aliphatic carbocycles. The lowest BCUT2D eigenvalue weighted by molar-refractivity contribution is -0.161. The summed E-state index contributed by atoms with van der Waals surface area (Å²) in [5, 5.41) is 0. The Morgan fingerprint density at radius 3 is 2.33 bits per heavy atom. The summed E-state index contributed by atoms with van der Waals surface area (Å²) in [5.41, 5.74) is -0.371. The van der Waals surface area contributed by atoms with E-state index in [1.54, 1.807) is 0 Å². The number of ether oxygens (including phenoxy) is 1. The monoisotopic (exact) mass is 212 g/mol. The van der Waals surface area contributed by atoms with Gasteiger partial charge in [-0.2, -0.15) is 0 Å². The minimum absolute atomic E-state index is 0.0555. The molecule has 0 saturated heterocycles. The Labute approximate surface area is 93.4 Å². The van der Waals surface area contributed by atoms with Gasteiger partial charge in [0.05, 0.1) is 5.41 Å². The predicted molar refractivity (Wildman–Crippen MR) is 61.5 cm³/mol. The van der Waals surface area contributed by atoms with Crippen LogP contribution in [0.1, 0.15) is 53.9 Å². The van der Waals surface area contributed by atoms with Crippen molar-refractivity contribution in [2.45, 2.75) is 60.0 Å². The summed E-state index contributed by atoms with van der Waals surface area (Å²) in [4.78, 5) is 11.8. The fraction of sp³-hybridized carbons (Fsp3) is 0.923. The van der Waals surface area contributed by atoms with Crippen LogP contribution in [0, 0.1) is 17.3 Å². The van der Waals surface area contributed by atoms with Crippen molar-refractivity contribution >= 4 is 5.97 Å². The molecule has 0 aromatic heterocycles. The third-order valence-electron chi connectivity index (χ3n) is 3.23. The number of rotatable bonds is 2. The van der Waals surface area contributed by atoms with Crippen molar-refractivity contribution in [3.05, 3.63) is 0 Å². The van der Waals surface area contributed by atoms with Crippen LogP contribution in [0.25, 0.3) is 0 Å². The molecule has 2 heteroatoms. The second kappa shape index (κ2) is 4.54. The fourth-order valence-electron chi connectivity index (χ4n) is 2.18. The highest BCUT2D eigenvalue weighted by atomic mass is 16.5. The second-order valence-corrected chi connectivity index (χ2v) is 6.03. The third kappa shape index (κ3) is 3.22. The zero-order valence-electron chi connectivity index (χ0n) is 10.7. The Kier molecular flexibility index (Phi) is 3.80. The van der Waals surface area contributed by atoms with Gasteiger partial charge in [0, 0.05) is 0 Å². The summed E-state index contributed by atoms with van der Waals surface area (Å²) in [6.45, 7) is 10.2. The van der Waals surface area contributed by atoms with Gasteiger partial charge in [0.1, 0.15) is 6.10 Å². The van der Waals surface area contributed by atoms with E-state index in [9.17, 15) is 4.79 Å². The van der Waals surface area contributed by atoms with Gasteiger partial charge in [0.2, 0.25) is 0 Å². The molecule has 0 aromatic carbocycles. The highest BCUT2D eigenvalue weighted by molar-refractivity contribution is 5.75. The first kappa shape index (κ1) is 12.5. The summed E-state index contributed by atoms with van der Waals surface area (Å²) in [6.07, 6.45) is 3.62. The average Bonchev–Trinajstić information content (AvgIpc) is 2.50. The van der Waals surface area contributed by atoms with Crippen molar-refractivity contribution in [3.63, 3.8) is 0 Å². The van der Waals surface area contributed by atoms with Crippen molar-refractivity contribution < 1.29 is 9.53 Å². The van der Waals surface area contributed by atoms with Crippen molar-refractivity contribution in [1.82, 2.24) is 0 Å². The van der Waals surface area contributed by atoms with Gasteiger partial charge in [0.15, 0.2) is 0 Å². The van der Waals surface area contributed by atoms with Crippen LogP contribution in [-0.2, 0) is 9.53 Å². The van der Waals surface area contributed by atoms with Gasteiger partial charge in [-0.3, -0.25) is 4.79 Å². The first-order chi connectivity index (χ1) is 6.82. The minimum Gasteiger partial charge on any atom is -0.462 e. The quantitative estimate of drug-likeness (QED) is 0.656. The largest absolute Gasteiger partial charge is 0.462 e. The number of hydrogen-bond acceptors (Lipinski definition) is 2. The Morgan fingerprint density at radius 2 is 1.87 bits per heavy atom. The van der Waals surface area contributed by atoms with E-state index in [1.165, 1.54) is 12.8 Å². The molecule has 0 aliphatic heterocycles. The minimum atomic E-state index is -0.371. The Balaban J connectivity index is 2.55. The molecule has 0 heterocycles. The maximum absolute atomic E-state index is 11.8. The summed E-state index contributed by atoms with van der Waals surface area (Å²) < 4.78 is 5.61. The molecule has 88 valence electrons. The normalized spacial score (nSPS) is 27.1. The lowest BCUT2D eigenvalue weighted by Gasteiger charge is -2.26. The Morgan fingerprint density at radius 1 is 1.27 bits per heavy atom. The zero-order valence-corrected chi connectivity index (χ0v) is 10.7. The highest BCUT2D eigenvalue weighted by Gasteiger charge is 2.35. The van der Waals surface area contributed by atoms with Gasteiger partial charge >= 0.3 is 5.97 Å². The molecule has 2 atom stereocenters. The molecule has 0 spiro atoms. The number of carbonyl (C=O) groups excluding carboxylic acids is 1. The average molecular weight is 212 g/mol. The standard InChI is InChI=1S/C13H24O2/c1-9(2)10-7-6-8-11(10)15-12(14)13(3,4)5/h9-11H,6-8H2,1-5H3. The lowest BCUT2D eigenvalue weighted by atomic mass is 9.92. The lowest BCUT2D eigenvalue weighted by Crippen LogP contribution is -2.31. The van der Waals surface area contributed by atoms with Crippen LogP contribution >= 0.6 is 0 Å². The molecule has 0 bridgehead atoms. The molecule has 0 radical (unpaired) electrons. The zero-order chi connectivity index (χ0) is 11.6. The van der Waals surface area contributed by atoms with Crippen LogP contribution in [0.4, 0.5) is 0 Å². The SMILES string of the molecule is CC(C)C1CCCC1OC(=O)C(C)(C)C. The van der Waals surface area contributed by atoms with Crippen molar-refractivity contribution in [1.29, 1.82) is 0 Å². The van der Waals surface area contributed by atoms with Gasteiger partial charge in [-0.1, -0.05) is 13.8 Å². The van der Waals surface area contributed by atoms with Gasteiger partial charge < -0.3 is 4.74 Å². The number of esters is 1. The first-order valence-corrected chi connectivity index (χ1v) is 6.03. The summed E-state index contributed by atoms with van der Waals surface area (Å²) in [7, 11) is 0. The van der Waals surface area contributed by atoms with Crippen molar-refractivity contribution in [2.24, 2.45) is 17.3 Å². The van der Waals surface area contributed by atoms with E-state index >= 15 is 0 Å². The molecule has 2 nitrogen and oxygen atoms in total. The molecule has 1 aliphatic rings. The fourth-order valence-corrected chi connectivity index (χ4v) is 2.18. The van der Waals surface area contributed by atoms with E-state index in [-0.39, 0.29) is 17.5 Å². The molecule has 2 unspecified atom stereocenters. The van der Waals surface area contributed by atoms with Crippen molar-refractivity contribution in [2.75, 3.05) is 0 Å². The maximum Gasteiger partial charge on any atom is 0.311 e. The molecule has 0 N–H and O–H groups in total. The van der Waals surface area contributed by atoms with Crippen LogP contribution in [0.3, 0.4) is 0 Å². The number of carbonyl (C=O) groups is 1. The van der Waals surface area contributed by atoms with Gasteiger partial charge in [-0.15, -0.1) is 0 Å². The smallest absolute Gasteiger partial charge is 0.311 e. The van der Waals surface area contributed by atoms with Crippen LogP contribution in [-0.4, -0.2) is 12.1 Å². The van der Waals surface area contributed by atoms with Gasteiger partial charge in [0.25, 0.3) is 0 Å². The second-order valence-electron chi connectivity index (χ2n) is 6.03. The van der Waals surface area contributed by atoms with E-state index in [0.717, 1.165) is 6.42 Å². The van der Waals surface area contributed by atoms with Crippen molar-refractivity contribution in [3.8, 4) is 0 Å². The molecular weight excluding hydrogens is 188 g/mol. The Hall–Kier alpha value is -0.530. The van der Waals surface area contributed by atoms with E-state index < -0.39 is 0 Å². The van der Waals surface area contributed by atoms with E-state index in [0.29, 0.717) is 11.8 Å². The van der Waals surface area contributed by atoms with Crippen LogP contribution in [0.2, 0.25) is 0 Å². The van der Waals surface area contributed by atoms with Crippen LogP contribution in [0.15, 0.2) is 0 Å². The van der Waals surface area contributed by atoms with E-state index in [1.807, 2.05) is 20.8 Å². The highest BCUT2D eigenvalue weighted by Crippen LogP contribution is 2.35. The first-order valence-electron chi connectivity index (χ1n) is 6.03. The summed E-state index contributed by atoms with van der Waals surface area (Å²) >= 11 is 0. The predicted octanol–water partition coefficient (Wildman–Crippen LogP) is 3.40. The topological polar surface area (TPSA) is 26.3 Å². The van der Waals surface area contributed by atoms with Crippen LogP contribution < -0.4 is 0 Å². The summed E-state index contributed by atoms with van der Waals surface area (Å²) in [6, 6.07) is 0. The molecule has 1 fully saturated rings. The van der Waals surface area contributed by atoms with Crippen LogP contribution in [0.5, 0.6) is 0 Å².